The molecular weight excluding hydrogens is 219 g/mol. The molecule has 0 amide bonds. The van der Waals surface area contributed by atoms with Crippen LogP contribution in [0.2, 0.25) is 0 Å². The van der Waals surface area contributed by atoms with Crippen molar-refractivity contribution in [3.63, 3.8) is 0 Å². The summed E-state index contributed by atoms with van der Waals surface area (Å²) < 4.78 is 38.5. The zero-order valence-corrected chi connectivity index (χ0v) is 9.01. The average Bonchev–Trinajstić information content (AvgIpc) is 2.64. The molecule has 0 aromatic carbocycles. The molecule has 1 aromatic rings. The van der Waals surface area contributed by atoms with Gasteiger partial charge in [0.05, 0.1) is 5.92 Å². The molecule has 6 heteroatoms. The van der Waals surface area contributed by atoms with Crippen LogP contribution in [0.15, 0.2) is 0 Å². The summed E-state index contributed by atoms with van der Waals surface area (Å²) in [4.78, 5) is 4.03. The monoisotopic (exact) mass is 233 g/mol. The fourth-order valence-electron chi connectivity index (χ4n) is 2.36. The third-order valence-corrected chi connectivity index (χ3v) is 3.13. The summed E-state index contributed by atoms with van der Waals surface area (Å²) in [7, 11) is 0. The summed E-state index contributed by atoms with van der Waals surface area (Å²) in [6.45, 7) is 1.70. The Bertz CT molecular complexity index is 358. The van der Waals surface area contributed by atoms with Crippen molar-refractivity contribution in [2.75, 3.05) is 0 Å². The third kappa shape index (κ3) is 2.20. The minimum absolute atomic E-state index is 0.196. The number of nitrogens with zero attached hydrogens (tertiary/aromatic N) is 2. The Morgan fingerprint density at radius 1 is 1.25 bits per heavy atom. The van der Waals surface area contributed by atoms with E-state index >= 15 is 0 Å². The molecule has 0 spiro atoms. The van der Waals surface area contributed by atoms with Crippen molar-refractivity contribution >= 4 is 0 Å². The van der Waals surface area contributed by atoms with E-state index in [-0.39, 0.29) is 6.42 Å². The van der Waals surface area contributed by atoms with Crippen molar-refractivity contribution in [3.05, 3.63) is 11.6 Å². The van der Waals surface area contributed by atoms with E-state index in [1.807, 2.05) is 0 Å². The molecule has 1 aliphatic rings. The normalized spacial score (nSPS) is 27.0. The molecule has 2 rings (SSSR count). The first kappa shape index (κ1) is 11.4. The van der Waals surface area contributed by atoms with Crippen LogP contribution in [0.1, 0.15) is 43.3 Å². The summed E-state index contributed by atoms with van der Waals surface area (Å²) >= 11 is 0. The topological polar surface area (TPSA) is 41.6 Å². The lowest BCUT2D eigenvalue weighted by molar-refractivity contribution is -0.187. The van der Waals surface area contributed by atoms with E-state index in [1.165, 1.54) is 0 Å². The smallest absolute Gasteiger partial charge is 0.263 e. The van der Waals surface area contributed by atoms with E-state index in [9.17, 15) is 13.2 Å². The molecule has 0 aliphatic heterocycles. The predicted molar refractivity (Wildman–Crippen MR) is 51.9 cm³/mol. The largest absolute Gasteiger partial charge is 0.392 e. The maximum Gasteiger partial charge on any atom is 0.392 e. The van der Waals surface area contributed by atoms with E-state index in [0.29, 0.717) is 24.5 Å². The molecule has 1 heterocycles. The van der Waals surface area contributed by atoms with E-state index in [4.69, 9.17) is 0 Å². The SMILES string of the molecule is Cc1nc(C2CCCCC2C(F)(F)F)n[nH]1. The third-order valence-electron chi connectivity index (χ3n) is 3.13. The van der Waals surface area contributed by atoms with Crippen LogP contribution in [0.3, 0.4) is 0 Å². The molecule has 16 heavy (non-hydrogen) atoms. The molecule has 1 fully saturated rings. The van der Waals surface area contributed by atoms with Gasteiger partial charge in [-0.15, -0.1) is 0 Å². The first-order chi connectivity index (χ1) is 7.48. The van der Waals surface area contributed by atoms with E-state index in [2.05, 4.69) is 15.2 Å². The van der Waals surface area contributed by atoms with Crippen LogP contribution in [0.4, 0.5) is 13.2 Å². The van der Waals surface area contributed by atoms with Crippen molar-refractivity contribution in [1.29, 1.82) is 0 Å². The van der Waals surface area contributed by atoms with Gasteiger partial charge in [-0.05, 0) is 19.8 Å². The molecule has 90 valence electrons. The quantitative estimate of drug-likeness (QED) is 0.810. The summed E-state index contributed by atoms with van der Waals surface area (Å²) in [5.41, 5.74) is 0. The number of aromatic nitrogens is 3. The van der Waals surface area contributed by atoms with Gasteiger partial charge in [0.1, 0.15) is 5.82 Å². The maximum atomic E-state index is 12.8. The van der Waals surface area contributed by atoms with Crippen LogP contribution in [0.5, 0.6) is 0 Å². The maximum absolute atomic E-state index is 12.8. The van der Waals surface area contributed by atoms with Crippen LogP contribution >= 0.6 is 0 Å². The zero-order chi connectivity index (χ0) is 11.8. The minimum atomic E-state index is -4.14. The number of halogens is 3. The highest BCUT2D eigenvalue weighted by atomic mass is 19.4. The lowest BCUT2D eigenvalue weighted by atomic mass is 9.78. The Hall–Kier alpha value is -1.07. The van der Waals surface area contributed by atoms with Crippen LogP contribution in [-0.2, 0) is 0 Å². The van der Waals surface area contributed by atoms with Crippen molar-refractivity contribution in [1.82, 2.24) is 15.2 Å². The Labute approximate surface area is 91.5 Å². The first-order valence-electron chi connectivity index (χ1n) is 5.44. The number of hydrogen-bond donors (Lipinski definition) is 1. The van der Waals surface area contributed by atoms with Crippen molar-refractivity contribution in [2.24, 2.45) is 5.92 Å². The van der Waals surface area contributed by atoms with Gasteiger partial charge in [0.25, 0.3) is 0 Å². The minimum Gasteiger partial charge on any atom is -0.263 e. The molecule has 2 unspecified atom stereocenters. The molecule has 1 N–H and O–H groups in total. The number of alkyl halides is 3. The van der Waals surface area contributed by atoms with Gasteiger partial charge < -0.3 is 0 Å². The summed E-state index contributed by atoms with van der Waals surface area (Å²) in [6.07, 6.45) is -1.95. The highest BCUT2D eigenvalue weighted by molar-refractivity contribution is 5.02. The zero-order valence-electron chi connectivity index (χ0n) is 9.01. The van der Waals surface area contributed by atoms with Gasteiger partial charge in [0.2, 0.25) is 0 Å². The van der Waals surface area contributed by atoms with Crippen molar-refractivity contribution in [2.45, 2.75) is 44.7 Å². The molecule has 0 saturated heterocycles. The summed E-state index contributed by atoms with van der Waals surface area (Å²) in [5, 5.41) is 6.48. The Kier molecular flexibility index (Phi) is 2.90. The predicted octanol–water partition coefficient (Wildman–Crippen LogP) is 2.95. The molecular formula is C10H14F3N3. The number of rotatable bonds is 1. The second-order valence-electron chi connectivity index (χ2n) is 4.32. The van der Waals surface area contributed by atoms with Gasteiger partial charge >= 0.3 is 6.18 Å². The van der Waals surface area contributed by atoms with Crippen LogP contribution in [-0.4, -0.2) is 21.4 Å². The second-order valence-corrected chi connectivity index (χ2v) is 4.32. The average molecular weight is 233 g/mol. The van der Waals surface area contributed by atoms with Crippen molar-refractivity contribution < 1.29 is 13.2 Å². The molecule has 3 nitrogen and oxygen atoms in total. The fourth-order valence-corrected chi connectivity index (χ4v) is 2.36. The van der Waals surface area contributed by atoms with Gasteiger partial charge in [-0.1, -0.05) is 12.8 Å². The molecule has 2 atom stereocenters. The van der Waals surface area contributed by atoms with Gasteiger partial charge in [-0.2, -0.15) is 18.3 Å². The highest BCUT2D eigenvalue weighted by Crippen LogP contribution is 2.45. The Balaban J connectivity index is 2.23. The molecule has 0 bridgehead atoms. The number of aromatic amines is 1. The molecule has 0 radical (unpaired) electrons. The number of hydrogen-bond acceptors (Lipinski definition) is 2. The van der Waals surface area contributed by atoms with Gasteiger partial charge in [0.15, 0.2) is 5.82 Å². The second kappa shape index (κ2) is 4.07. The fraction of sp³-hybridized carbons (Fsp3) is 0.800. The van der Waals surface area contributed by atoms with Crippen LogP contribution in [0.25, 0.3) is 0 Å². The summed E-state index contributed by atoms with van der Waals surface area (Å²) in [6, 6.07) is 0. The lowest BCUT2D eigenvalue weighted by Crippen LogP contribution is -2.32. The highest BCUT2D eigenvalue weighted by Gasteiger charge is 2.47. The van der Waals surface area contributed by atoms with E-state index in [1.54, 1.807) is 6.92 Å². The number of H-pyrrole nitrogens is 1. The van der Waals surface area contributed by atoms with E-state index in [0.717, 1.165) is 6.42 Å². The molecule has 1 aliphatic carbocycles. The van der Waals surface area contributed by atoms with Gasteiger partial charge in [-0.25, -0.2) is 4.98 Å². The van der Waals surface area contributed by atoms with E-state index < -0.39 is 18.0 Å². The molecule has 1 aromatic heterocycles. The van der Waals surface area contributed by atoms with Crippen molar-refractivity contribution in [3.8, 4) is 0 Å². The lowest BCUT2D eigenvalue weighted by Gasteiger charge is -2.31. The van der Waals surface area contributed by atoms with Gasteiger partial charge in [-0.3, -0.25) is 5.10 Å². The Morgan fingerprint density at radius 3 is 2.50 bits per heavy atom. The van der Waals surface area contributed by atoms with Crippen LogP contribution in [0, 0.1) is 12.8 Å². The standard InChI is InChI=1S/C10H14F3N3/c1-6-14-9(16-15-6)7-4-2-3-5-8(7)10(11,12)13/h7-8H,2-5H2,1H3,(H,14,15,16). The number of nitrogens with one attached hydrogen (secondary N) is 1. The Morgan fingerprint density at radius 2 is 1.94 bits per heavy atom. The summed E-state index contributed by atoms with van der Waals surface area (Å²) in [5.74, 6) is -0.962. The van der Waals surface area contributed by atoms with Gasteiger partial charge in [0, 0.05) is 5.92 Å². The number of aryl methyl sites for hydroxylation is 1. The van der Waals surface area contributed by atoms with Crippen LogP contribution < -0.4 is 0 Å². The first-order valence-corrected chi connectivity index (χ1v) is 5.44. The molecule has 1 saturated carbocycles.